The number of morpholine rings is 1. The number of likely N-dealkylation sites (N-methyl/N-ethyl adjacent to an activating group) is 1. The second kappa shape index (κ2) is 11.6. The third-order valence-electron chi connectivity index (χ3n) is 7.80. The predicted octanol–water partition coefficient (Wildman–Crippen LogP) is 5.61. The van der Waals surface area contributed by atoms with Gasteiger partial charge in [0.25, 0.3) is 5.91 Å². The smallest absolute Gasteiger partial charge is 0.258 e. The fourth-order valence-corrected chi connectivity index (χ4v) is 7.14. The van der Waals surface area contributed by atoms with Gasteiger partial charge in [0.1, 0.15) is 12.4 Å². The summed E-state index contributed by atoms with van der Waals surface area (Å²) in [5.41, 5.74) is 4.66. The second-order valence-corrected chi connectivity index (χ2v) is 12.7. The van der Waals surface area contributed by atoms with Crippen LogP contribution in [0.2, 0.25) is 5.02 Å². The molecule has 0 saturated carbocycles. The zero-order chi connectivity index (χ0) is 29.4. The Morgan fingerprint density at radius 2 is 1.83 bits per heavy atom. The van der Waals surface area contributed by atoms with Crippen molar-refractivity contribution in [1.29, 1.82) is 0 Å². The third kappa shape index (κ3) is 5.22. The number of para-hydroxylation sites is 1. The molecule has 218 valence electrons. The minimum Gasteiger partial charge on any atom is -0.492 e. The summed E-state index contributed by atoms with van der Waals surface area (Å²) in [4.78, 5) is 15.5. The number of amides is 1. The molecule has 3 aromatic carbocycles. The molecular formula is C32H32ClN3O5S. The number of fused-ring (bicyclic) bond motifs is 2. The van der Waals surface area contributed by atoms with Crippen molar-refractivity contribution in [2.24, 2.45) is 0 Å². The Morgan fingerprint density at radius 1 is 1.05 bits per heavy atom. The van der Waals surface area contributed by atoms with Crippen LogP contribution in [0.1, 0.15) is 23.6 Å². The summed E-state index contributed by atoms with van der Waals surface area (Å²) in [6.07, 6.45) is 3.90. The quantitative estimate of drug-likeness (QED) is 0.244. The molecule has 1 fully saturated rings. The monoisotopic (exact) mass is 605 g/mol. The molecule has 6 rings (SSSR count). The van der Waals surface area contributed by atoms with Crippen LogP contribution >= 0.6 is 11.6 Å². The lowest BCUT2D eigenvalue weighted by molar-refractivity contribution is -0.112. The van der Waals surface area contributed by atoms with Crippen molar-refractivity contribution in [3.8, 4) is 5.75 Å². The summed E-state index contributed by atoms with van der Waals surface area (Å²) in [5.74, 6) is 0.609. The highest BCUT2D eigenvalue weighted by molar-refractivity contribution is 7.89. The van der Waals surface area contributed by atoms with Crippen molar-refractivity contribution < 1.29 is 22.7 Å². The number of aromatic nitrogens is 1. The van der Waals surface area contributed by atoms with Gasteiger partial charge in [0.05, 0.1) is 30.3 Å². The number of halogens is 1. The normalized spacial score (nSPS) is 16.9. The van der Waals surface area contributed by atoms with Crippen LogP contribution in [0, 0.1) is 6.92 Å². The van der Waals surface area contributed by atoms with E-state index in [1.165, 1.54) is 4.31 Å². The molecule has 0 N–H and O–H groups in total. The van der Waals surface area contributed by atoms with Crippen LogP contribution in [-0.4, -0.2) is 62.7 Å². The van der Waals surface area contributed by atoms with Gasteiger partial charge >= 0.3 is 0 Å². The van der Waals surface area contributed by atoms with Gasteiger partial charge in [-0.15, -0.1) is 0 Å². The van der Waals surface area contributed by atoms with Crippen LogP contribution in [0.3, 0.4) is 0 Å². The average Bonchev–Trinajstić information content (AvgIpc) is 3.49. The van der Waals surface area contributed by atoms with E-state index in [2.05, 4.69) is 4.57 Å². The molecule has 2 aliphatic heterocycles. The summed E-state index contributed by atoms with van der Waals surface area (Å²) in [6, 6.07) is 18.6. The van der Waals surface area contributed by atoms with Gasteiger partial charge in [-0.25, -0.2) is 8.42 Å². The summed E-state index contributed by atoms with van der Waals surface area (Å²) in [5, 5.41) is 1.70. The Morgan fingerprint density at radius 3 is 2.60 bits per heavy atom. The molecule has 42 heavy (non-hydrogen) atoms. The van der Waals surface area contributed by atoms with E-state index >= 15 is 0 Å². The number of nitrogens with zero attached hydrogens (tertiary/aromatic N) is 3. The van der Waals surface area contributed by atoms with E-state index in [0.717, 1.165) is 27.8 Å². The Bertz CT molecular complexity index is 1810. The van der Waals surface area contributed by atoms with Crippen molar-refractivity contribution in [3.63, 3.8) is 0 Å². The van der Waals surface area contributed by atoms with Gasteiger partial charge < -0.3 is 18.9 Å². The number of carbonyl (C=O) groups excluding carboxylic acids is 1. The molecular weight excluding hydrogens is 574 g/mol. The minimum atomic E-state index is -3.72. The highest BCUT2D eigenvalue weighted by Crippen LogP contribution is 2.40. The third-order valence-corrected chi connectivity index (χ3v) is 10.1. The molecule has 1 saturated heterocycles. The van der Waals surface area contributed by atoms with Crippen LogP contribution in [0.4, 0.5) is 5.69 Å². The van der Waals surface area contributed by atoms with Gasteiger partial charge in [-0.05, 0) is 68.0 Å². The number of ether oxygens (including phenoxy) is 2. The molecule has 10 heteroatoms. The molecule has 2 aliphatic rings. The first kappa shape index (κ1) is 28.5. The molecule has 4 aromatic rings. The number of rotatable bonds is 8. The summed E-state index contributed by atoms with van der Waals surface area (Å²) in [7, 11) is -3.72. The zero-order valence-corrected chi connectivity index (χ0v) is 25.1. The number of hydrogen-bond acceptors (Lipinski definition) is 5. The van der Waals surface area contributed by atoms with Crippen LogP contribution in [0.25, 0.3) is 22.6 Å². The Kier molecular flexibility index (Phi) is 7.85. The fraction of sp³-hybridized carbons (Fsp3) is 0.281. The highest BCUT2D eigenvalue weighted by Gasteiger charge is 2.34. The summed E-state index contributed by atoms with van der Waals surface area (Å²) in [6.45, 7) is 6.73. The molecule has 0 aliphatic carbocycles. The van der Waals surface area contributed by atoms with Crippen molar-refractivity contribution >= 4 is 55.8 Å². The predicted molar refractivity (Wildman–Crippen MR) is 166 cm³/mol. The number of sulfonamides is 1. The van der Waals surface area contributed by atoms with E-state index < -0.39 is 10.0 Å². The van der Waals surface area contributed by atoms with Crippen LogP contribution in [0.15, 0.2) is 71.8 Å². The first-order valence-electron chi connectivity index (χ1n) is 14.0. The van der Waals surface area contributed by atoms with Crippen molar-refractivity contribution in [3.05, 3.63) is 88.6 Å². The fourth-order valence-electron chi connectivity index (χ4n) is 5.59. The van der Waals surface area contributed by atoms with Crippen molar-refractivity contribution in [2.45, 2.75) is 25.3 Å². The summed E-state index contributed by atoms with van der Waals surface area (Å²) < 4.78 is 41.8. The molecule has 3 heterocycles. The molecule has 1 amide bonds. The van der Waals surface area contributed by atoms with Crippen LogP contribution in [-0.2, 0) is 26.1 Å². The molecule has 1 aromatic heterocycles. The maximum atomic E-state index is 13.6. The van der Waals surface area contributed by atoms with Crippen molar-refractivity contribution in [1.82, 2.24) is 8.87 Å². The van der Waals surface area contributed by atoms with Gasteiger partial charge in [-0.1, -0.05) is 29.8 Å². The van der Waals surface area contributed by atoms with Crippen LogP contribution < -0.4 is 9.64 Å². The standard InChI is InChI=1S/C32H32ClN3O5S/c1-3-36-31-11-9-25(42(38,39)35-13-15-40-16-14-35)20-27(31)28(32(36)37)19-23-21-34(30-7-5-4-6-26(23)30)12-17-41-24-8-10-29(33)22(2)18-24/h4-11,18-21H,3,12-17H2,1-2H3/b28-19-. The van der Waals surface area contributed by atoms with Gasteiger partial charge in [-0.3, -0.25) is 4.79 Å². The molecule has 0 radical (unpaired) electrons. The van der Waals surface area contributed by atoms with E-state index in [4.69, 9.17) is 21.1 Å². The van der Waals surface area contributed by atoms with Crippen LogP contribution in [0.5, 0.6) is 5.75 Å². The largest absolute Gasteiger partial charge is 0.492 e. The SMILES string of the molecule is CCN1C(=O)/C(=C\c2cn(CCOc3ccc(Cl)c(C)c3)c3ccccc23)c2cc(S(=O)(=O)N3CCOCC3)ccc21. The zero-order valence-electron chi connectivity index (χ0n) is 23.5. The lowest BCUT2D eigenvalue weighted by Gasteiger charge is -2.26. The minimum absolute atomic E-state index is 0.147. The molecule has 0 bridgehead atoms. The Labute approximate surface area is 250 Å². The number of carbonyl (C=O) groups is 1. The van der Waals surface area contributed by atoms with E-state index in [9.17, 15) is 13.2 Å². The van der Waals surface area contributed by atoms with Gasteiger partial charge in [-0.2, -0.15) is 4.31 Å². The first-order valence-corrected chi connectivity index (χ1v) is 15.8. The van der Waals surface area contributed by atoms with E-state index in [-0.39, 0.29) is 10.8 Å². The second-order valence-electron chi connectivity index (χ2n) is 10.4. The number of benzene rings is 3. The molecule has 0 unspecified atom stereocenters. The molecule has 0 spiro atoms. The van der Waals surface area contributed by atoms with E-state index in [1.54, 1.807) is 23.1 Å². The molecule has 8 nitrogen and oxygen atoms in total. The Balaban J connectivity index is 1.34. The lowest BCUT2D eigenvalue weighted by Crippen LogP contribution is -2.40. The van der Waals surface area contributed by atoms with Gasteiger partial charge in [0.2, 0.25) is 10.0 Å². The first-order chi connectivity index (χ1) is 20.3. The lowest BCUT2D eigenvalue weighted by atomic mass is 10.0. The van der Waals surface area contributed by atoms with Gasteiger partial charge in [0, 0.05) is 58.5 Å². The number of anilines is 1. The number of aryl methyl sites for hydroxylation is 1. The summed E-state index contributed by atoms with van der Waals surface area (Å²) >= 11 is 6.15. The molecule has 0 atom stereocenters. The van der Waals surface area contributed by atoms with Crippen molar-refractivity contribution in [2.75, 3.05) is 44.4 Å². The van der Waals surface area contributed by atoms with E-state index in [0.29, 0.717) is 67.8 Å². The Hall–Kier alpha value is -3.63. The maximum Gasteiger partial charge on any atom is 0.258 e. The highest BCUT2D eigenvalue weighted by atomic mass is 35.5. The average molecular weight is 606 g/mol. The topological polar surface area (TPSA) is 81.1 Å². The van der Waals surface area contributed by atoms with Gasteiger partial charge in [0.15, 0.2) is 0 Å². The number of hydrogen-bond donors (Lipinski definition) is 0. The maximum absolute atomic E-state index is 13.6. The van der Waals surface area contributed by atoms with E-state index in [1.807, 2.05) is 68.6 Å².